The number of hydrogen-bond acceptors (Lipinski definition) is 4. The molecule has 1 aliphatic heterocycles. The van der Waals surface area contributed by atoms with Gasteiger partial charge in [-0.3, -0.25) is 9.69 Å². The molecule has 0 aliphatic carbocycles. The number of benzene rings is 3. The minimum absolute atomic E-state index is 0.196. The molecule has 1 amide bonds. The van der Waals surface area contributed by atoms with Gasteiger partial charge in [0.25, 0.3) is 5.91 Å². The van der Waals surface area contributed by atoms with E-state index < -0.39 is 0 Å². The Labute approximate surface area is 216 Å². The van der Waals surface area contributed by atoms with E-state index >= 15 is 0 Å². The van der Waals surface area contributed by atoms with Gasteiger partial charge in [0.05, 0.1) is 20.4 Å². The van der Waals surface area contributed by atoms with Crippen molar-refractivity contribution in [3.8, 4) is 5.75 Å². The molecular formula is C24H15Br2F2NO2S2. The van der Waals surface area contributed by atoms with Gasteiger partial charge in [-0.1, -0.05) is 48.2 Å². The fourth-order valence-corrected chi connectivity index (χ4v) is 5.80. The Morgan fingerprint density at radius 1 is 0.939 bits per heavy atom. The number of nitrogens with zero attached hydrogens (tertiary/aromatic N) is 1. The molecule has 33 heavy (non-hydrogen) atoms. The van der Waals surface area contributed by atoms with E-state index in [0.29, 0.717) is 23.9 Å². The highest BCUT2D eigenvalue weighted by Crippen LogP contribution is 2.38. The minimum Gasteiger partial charge on any atom is -0.487 e. The lowest BCUT2D eigenvalue weighted by molar-refractivity contribution is -0.122. The van der Waals surface area contributed by atoms with Gasteiger partial charge in [-0.25, -0.2) is 8.78 Å². The van der Waals surface area contributed by atoms with Crippen LogP contribution in [0.4, 0.5) is 8.78 Å². The van der Waals surface area contributed by atoms with E-state index in [2.05, 4.69) is 31.9 Å². The Hall–Kier alpha value is -2.07. The molecule has 3 nitrogen and oxygen atoms in total. The number of ether oxygens (including phenoxy) is 1. The van der Waals surface area contributed by atoms with Gasteiger partial charge in [0, 0.05) is 0 Å². The largest absolute Gasteiger partial charge is 0.487 e. The summed E-state index contributed by atoms with van der Waals surface area (Å²) in [5, 5.41) is 0. The highest BCUT2D eigenvalue weighted by atomic mass is 79.9. The van der Waals surface area contributed by atoms with Crippen molar-refractivity contribution < 1.29 is 18.3 Å². The fourth-order valence-electron chi connectivity index (χ4n) is 3.10. The number of thioether (sulfide) groups is 1. The average molecular weight is 611 g/mol. The van der Waals surface area contributed by atoms with Crippen LogP contribution in [-0.2, 0) is 17.9 Å². The van der Waals surface area contributed by atoms with Crippen molar-refractivity contribution in [3.05, 3.63) is 103 Å². The number of hydrogen-bond donors (Lipinski definition) is 0. The van der Waals surface area contributed by atoms with Gasteiger partial charge in [-0.15, -0.1) is 0 Å². The first-order valence-electron chi connectivity index (χ1n) is 9.66. The van der Waals surface area contributed by atoms with E-state index in [0.717, 1.165) is 16.7 Å². The fraction of sp³-hybridized carbons (Fsp3) is 0.0833. The second-order valence-electron chi connectivity index (χ2n) is 7.12. The molecule has 4 rings (SSSR count). The zero-order chi connectivity index (χ0) is 23.5. The first-order valence-corrected chi connectivity index (χ1v) is 12.5. The van der Waals surface area contributed by atoms with Crippen LogP contribution in [-0.4, -0.2) is 15.1 Å². The third-order valence-electron chi connectivity index (χ3n) is 4.74. The number of halogens is 4. The monoisotopic (exact) mass is 609 g/mol. The summed E-state index contributed by atoms with van der Waals surface area (Å²) < 4.78 is 34.0. The van der Waals surface area contributed by atoms with Crippen LogP contribution in [0, 0.1) is 11.6 Å². The van der Waals surface area contributed by atoms with Crippen molar-refractivity contribution in [2.24, 2.45) is 0 Å². The van der Waals surface area contributed by atoms with Crippen LogP contribution < -0.4 is 4.74 Å². The van der Waals surface area contributed by atoms with Gasteiger partial charge in [-0.2, -0.15) is 0 Å². The number of rotatable bonds is 6. The summed E-state index contributed by atoms with van der Waals surface area (Å²) in [6.07, 6.45) is 1.77. The molecule has 3 aromatic carbocycles. The number of carbonyl (C=O) groups excluding carboxylic acids is 1. The molecule has 3 aromatic rings. The molecule has 0 bridgehead atoms. The third-order valence-corrected chi connectivity index (χ3v) is 7.30. The van der Waals surface area contributed by atoms with Crippen molar-refractivity contribution in [1.82, 2.24) is 4.90 Å². The molecule has 0 atom stereocenters. The Kier molecular flexibility index (Phi) is 7.63. The van der Waals surface area contributed by atoms with Crippen molar-refractivity contribution in [2.75, 3.05) is 0 Å². The van der Waals surface area contributed by atoms with E-state index in [1.165, 1.54) is 40.9 Å². The molecule has 0 unspecified atom stereocenters. The van der Waals surface area contributed by atoms with Gasteiger partial charge in [0.1, 0.15) is 28.3 Å². The SMILES string of the molecule is O=C1C(=Cc2cc(Br)c(OCc3ccc(F)cc3)c(Br)c2)SC(=S)N1Cc1ccc(F)cc1. The van der Waals surface area contributed by atoms with Crippen molar-refractivity contribution in [2.45, 2.75) is 13.2 Å². The molecule has 1 fully saturated rings. The molecule has 1 heterocycles. The van der Waals surface area contributed by atoms with Crippen LogP contribution >= 0.6 is 55.8 Å². The van der Waals surface area contributed by atoms with Crippen LogP contribution in [0.1, 0.15) is 16.7 Å². The number of amides is 1. The summed E-state index contributed by atoms with van der Waals surface area (Å²) in [7, 11) is 0. The van der Waals surface area contributed by atoms with Crippen LogP contribution in [0.3, 0.4) is 0 Å². The lowest BCUT2D eigenvalue weighted by Crippen LogP contribution is -2.27. The standard InChI is InChI=1S/C24H15Br2F2NO2S2/c25-19-9-16(10-20(26)22(19)31-13-15-3-7-18(28)8-4-15)11-21-23(30)29(24(32)33-21)12-14-1-5-17(27)6-2-14/h1-11H,12-13H2. The van der Waals surface area contributed by atoms with E-state index in [1.807, 2.05) is 12.1 Å². The van der Waals surface area contributed by atoms with Gasteiger partial charge in [0.2, 0.25) is 0 Å². The van der Waals surface area contributed by atoms with Crippen LogP contribution in [0.15, 0.2) is 74.5 Å². The smallest absolute Gasteiger partial charge is 0.266 e. The summed E-state index contributed by atoms with van der Waals surface area (Å²) in [5.74, 6) is -0.225. The normalized spacial score (nSPS) is 14.9. The topological polar surface area (TPSA) is 29.5 Å². The molecule has 1 aliphatic rings. The molecule has 0 aromatic heterocycles. The minimum atomic E-state index is -0.328. The average Bonchev–Trinajstić information content (AvgIpc) is 3.03. The van der Waals surface area contributed by atoms with E-state index in [-0.39, 0.29) is 30.7 Å². The van der Waals surface area contributed by atoms with Gasteiger partial charge < -0.3 is 4.74 Å². The highest BCUT2D eigenvalue weighted by molar-refractivity contribution is 9.11. The zero-order valence-corrected chi connectivity index (χ0v) is 21.7. The second-order valence-corrected chi connectivity index (χ2v) is 10.5. The Balaban J connectivity index is 1.49. The van der Waals surface area contributed by atoms with Gasteiger partial charge >= 0.3 is 0 Å². The predicted molar refractivity (Wildman–Crippen MR) is 138 cm³/mol. The van der Waals surface area contributed by atoms with Crippen molar-refractivity contribution in [3.63, 3.8) is 0 Å². The van der Waals surface area contributed by atoms with E-state index in [9.17, 15) is 13.6 Å². The van der Waals surface area contributed by atoms with Crippen molar-refractivity contribution >= 4 is 72.1 Å². The van der Waals surface area contributed by atoms with Crippen LogP contribution in [0.2, 0.25) is 0 Å². The first kappa shape index (κ1) is 24.1. The van der Waals surface area contributed by atoms with E-state index in [1.54, 1.807) is 30.3 Å². The summed E-state index contributed by atoms with van der Waals surface area (Å²) in [4.78, 5) is 14.9. The highest BCUT2D eigenvalue weighted by Gasteiger charge is 2.32. The molecule has 0 radical (unpaired) electrons. The Morgan fingerprint density at radius 3 is 2.06 bits per heavy atom. The second kappa shape index (κ2) is 10.5. The zero-order valence-electron chi connectivity index (χ0n) is 16.9. The molecule has 1 saturated heterocycles. The lowest BCUT2D eigenvalue weighted by atomic mass is 10.2. The predicted octanol–water partition coefficient (Wildman–Crippen LogP) is 7.47. The quantitative estimate of drug-likeness (QED) is 0.214. The molecule has 0 saturated carbocycles. The van der Waals surface area contributed by atoms with Crippen LogP contribution in [0.5, 0.6) is 5.75 Å². The Morgan fingerprint density at radius 2 is 1.48 bits per heavy atom. The third kappa shape index (κ3) is 5.90. The molecule has 0 spiro atoms. The maximum Gasteiger partial charge on any atom is 0.266 e. The molecule has 9 heteroatoms. The van der Waals surface area contributed by atoms with Crippen molar-refractivity contribution in [1.29, 1.82) is 0 Å². The maximum atomic E-state index is 13.2. The molecular weight excluding hydrogens is 596 g/mol. The van der Waals surface area contributed by atoms with Gasteiger partial charge in [0.15, 0.2) is 0 Å². The lowest BCUT2D eigenvalue weighted by Gasteiger charge is -2.14. The van der Waals surface area contributed by atoms with Gasteiger partial charge in [-0.05, 0) is 91.0 Å². The maximum absolute atomic E-state index is 13.2. The number of thiocarbonyl (C=S) groups is 1. The number of carbonyl (C=O) groups is 1. The molecule has 0 N–H and O–H groups in total. The summed E-state index contributed by atoms with van der Waals surface area (Å²) in [6, 6.07) is 15.8. The summed E-state index contributed by atoms with van der Waals surface area (Å²) in [5.41, 5.74) is 2.41. The first-order chi connectivity index (χ1) is 15.8. The van der Waals surface area contributed by atoms with E-state index in [4.69, 9.17) is 17.0 Å². The summed E-state index contributed by atoms with van der Waals surface area (Å²) >= 11 is 13.7. The Bertz CT molecular complexity index is 1230. The van der Waals surface area contributed by atoms with Crippen LogP contribution in [0.25, 0.3) is 6.08 Å². The molecule has 168 valence electrons. The summed E-state index contributed by atoms with van der Waals surface area (Å²) in [6.45, 7) is 0.560.